The summed E-state index contributed by atoms with van der Waals surface area (Å²) >= 11 is 0. The van der Waals surface area contributed by atoms with Crippen LogP contribution in [0.1, 0.15) is 51.5 Å². The zero-order chi connectivity index (χ0) is 21.7. The van der Waals surface area contributed by atoms with Crippen LogP contribution in [-0.4, -0.2) is 49.4 Å². The van der Waals surface area contributed by atoms with Crippen LogP contribution in [0.25, 0.3) is 0 Å². The zero-order valence-electron chi connectivity index (χ0n) is 17.9. The van der Waals surface area contributed by atoms with Crippen molar-refractivity contribution >= 4 is 23.3 Å². The number of quaternary nitrogens is 1. The van der Waals surface area contributed by atoms with E-state index in [2.05, 4.69) is 10.3 Å². The van der Waals surface area contributed by atoms with Gasteiger partial charge in [-0.05, 0) is 44.4 Å². The van der Waals surface area contributed by atoms with Gasteiger partial charge in [-0.2, -0.15) is 0 Å². The third-order valence-corrected chi connectivity index (χ3v) is 5.32. The second kappa shape index (κ2) is 9.52. The molecule has 1 unspecified atom stereocenters. The van der Waals surface area contributed by atoms with Crippen LogP contribution in [0.3, 0.4) is 0 Å². The van der Waals surface area contributed by atoms with E-state index in [4.69, 9.17) is 4.74 Å². The molecule has 0 fully saturated rings. The summed E-state index contributed by atoms with van der Waals surface area (Å²) in [6.45, 7) is 7.41. The fraction of sp³-hybridized carbons (Fsp3) is 0.409. The summed E-state index contributed by atoms with van der Waals surface area (Å²) in [6.07, 6.45) is 0.821. The van der Waals surface area contributed by atoms with Gasteiger partial charge in [0.1, 0.15) is 0 Å². The van der Waals surface area contributed by atoms with Gasteiger partial charge in [0.15, 0.2) is 12.6 Å². The number of H-pyrrole nitrogens is 1. The smallest absolute Gasteiger partial charge is 0.339 e. The predicted molar refractivity (Wildman–Crippen MR) is 112 cm³/mol. The molecule has 2 atom stereocenters. The summed E-state index contributed by atoms with van der Waals surface area (Å²) < 4.78 is 4.80. The zero-order valence-corrected chi connectivity index (χ0v) is 17.9. The van der Waals surface area contributed by atoms with E-state index in [0.717, 1.165) is 22.6 Å². The highest BCUT2D eigenvalue weighted by molar-refractivity contribution is 6.03. The molecule has 1 amide bonds. The molecule has 1 aromatic heterocycles. The number of aryl methyl sites for hydroxylation is 2. The topological polar surface area (TPSA) is 92.7 Å². The molecular weight excluding hydrogens is 370 g/mol. The average Bonchev–Trinajstić information content (AvgIpc) is 3.00. The molecule has 0 saturated carbocycles. The lowest BCUT2D eigenvalue weighted by molar-refractivity contribution is -0.885. The number of hydrogen-bond donors (Lipinski definition) is 3. The van der Waals surface area contributed by atoms with Crippen molar-refractivity contribution in [3.05, 3.63) is 52.3 Å². The first-order valence-electron chi connectivity index (χ1n) is 9.72. The molecule has 2 rings (SSSR count). The van der Waals surface area contributed by atoms with Crippen molar-refractivity contribution < 1.29 is 24.0 Å². The number of methoxy groups -OCH3 is 1. The molecule has 1 heterocycles. The van der Waals surface area contributed by atoms with Gasteiger partial charge in [-0.1, -0.05) is 25.1 Å². The minimum atomic E-state index is -0.474. The number of ketones is 1. The number of amides is 1. The maximum Gasteiger partial charge on any atom is 0.339 e. The number of nitrogens with one attached hydrogen (secondary N) is 3. The van der Waals surface area contributed by atoms with Crippen molar-refractivity contribution in [1.29, 1.82) is 0 Å². The summed E-state index contributed by atoms with van der Waals surface area (Å²) in [5.41, 5.74) is 3.79. The number of esters is 1. The van der Waals surface area contributed by atoms with Gasteiger partial charge in [-0.25, -0.2) is 4.79 Å². The molecule has 0 aliphatic rings. The van der Waals surface area contributed by atoms with Crippen LogP contribution in [-0.2, 0) is 16.0 Å². The van der Waals surface area contributed by atoms with Crippen molar-refractivity contribution in [2.45, 2.75) is 40.2 Å². The highest BCUT2D eigenvalue weighted by Crippen LogP contribution is 2.20. The van der Waals surface area contributed by atoms with Crippen molar-refractivity contribution in [3.63, 3.8) is 0 Å². The molecule has 0 spiro atoms. The van der Waals surface area contributed by atoms with Crippen LogP contribution in [0.5, 0.6) is 0 Å². The number of benzene rings is 1. The fourth-order valence-corrected chi connectivity index (χ4v) is 3.40. The van der Waals surface area contributed by atoms with Crippen molar-refractivity contribution in [2.24, 2.45) is 0 Å². The SMILES string of the molecule is CCc1ccccc1NC(=O)C[NH+](C)[C@H](C)C(=O)c1[nH]c(C)c(C(=O)OC)c1C. The Morgan fingerprint density at radius 3 is 2.48 bits per heavy atom. The second-order valence-electron chi connectivity index (χ2n) is 7.28. The number of aromatic nitrogens is 1. The first-order chi connectivity index (χ1) is 13.7. The maximum atomic E-state index is 13.0. The Hall–Kier alpha value is -2.93. The molecule has 0 saturated heterocycles. The lowest BCUT2D eigenvalue weighted by Gasteiger charge is -2.20. The van der Waals surface area contributed by atoms with Gasteiger partial charge in [0.05, 0.1) is 25.4 Å². The Morgan fingerprint density at radius 1 is 1.21 bits per heavy atom. The van der Waals surface area contributed by atoms with Crippen LogP contribution in [0.4, 0.5) is 5.69 Å². The number of para-hydroxylation sites is 1. The Morgan fingerprint density at radius 2 is 1.86 bits per heavy atom. The molecule has 2 aromatic rings. The van der Waals surface area contributed by atoms with Gasteiger partial charge < -0.3 is 19.9 Å². The van der Waals surface area contributed by atoms with Crippen LogP contribution in [0, 0.1) is 13.8 Å². The van der Waals surface area contributed by atoms with E-state index in [-0.39, 0.29) is 18.2 Å². The van der Waals surface area contributed by atoms with Gasteiger partial charge in [0.2, 0.25) is 5.78 Å². The third-order valence-electron chi connectivity index (χ3n) is 5.32. The average molecular weight is 400 g/mol. The highest BCUT2D eigenvalue weighted by Gasteiger charge is 2.30. The number of Topliss-reactive ketones (excluding diaryl/α,β-unsaturated/α-hetero) is 1. The molecule has 1 aromatic carbocycles. The van der Waals surface area contributed by atoms with E-state index in [1.54, 1.807) is 27.8 Å². The number of carbonyl (C=O) groups is 3. The fourth-order valence-electron chi connectivity index (χ4n) is 3.40. The first-order valence-corrected chi connectivity index (χ1v) is 9.72. The van der Waals surface area contributed by atoms with Gasteiger partial charge in [-0.15, -0.1) is 0 Å². The molecule has 0 radical (unpaired) electrons. The maximum absolute atomic E-state index is 13.0. The Kier molecular flexibility index (Phi) is 7.34. The summed E-state index contributed by atoms with van der Waals surface area (Å²) in [4.78, 5) is 41.2. The number of ether oxygens (including phenoxy) is 1. The molecule has 0 aliphatic heterocycles. The van der Waals surface area contributed by atoms with Crippen molar-refractivity contribution in [1.82, 2.24) is 4.98 Å². The van der Waals surface area contributed by atoms with Gasteiger partial charge in [0, 0.05) is 11.4 Å². The van der Waals surface area contributed by atoms with Crippen LogP contribution >= 0.6 is 0 Å². The number of rotatable bonds is 8. The van der Waals surface area contributed by atoms with Crippen LogP contribution in [0.15, 0.2) is 24.3 Å². The summed E-state index contributed by atoms with van der Waals surface area (Å²) in [5.74, 6) is -0.782. The molecule has 29 heavy (non-hydrogen) atoms. The Balaban J connectivity index is 2.10. The monoisotopic (exact) mass is 400 g/mol. The van der Waals surface area contributed by atoms with E-state index in [1.807, 2.05) is 31.2 Å². The normalized spacial score (nSPS) is 12.9. The molecule has 0 aliphatic carbocycles. The Bertz CT molecular complexity index is 917. The lowest BCUT2D eigenvalue weighted by Crippen LogP contribution is -3.14. The van der Waals surface area contributed by atoms with Crippen LogP contribution in [0.2, 0.25) is 0 Å². The molecule has 0 bridgehead atoms. The largest absolute Gasteiger partial charge is 0.465 e. The second-order valence-corrected chi connectivity index (χ2v) is 7.28. The molecule has 3 N–H and O–H groups in total. The number of likely N-dealkylation sites (N-methyl/N-ethyl adjacent to an activating group) is 1. The minimum absolute atomic E-state index is 0.146. The molecule has 156 valence electrons. The predicted octanol–water partition coefficient (Wildman–Crippen LogP) is 1.71. The molecular formula is C22H30N3O4+. The van der Waals surface area contributed by atoms with Gasteiger partial charge in [0.25, 0.3) is 5.91 Å². The first kappa shape index (κ1) is 22.4. The van der Waals surface area contributed by atoms with Crippen molar-refractivity contribution in [3.8, 4) is 0 Å². The summed E-state index contributed by atoms with van der Waals surface area (Å²) in [6, 6.07) is 7.21. The van der Waals surface area contributed by atoms with E-state index < -0.39 is 12.0 Å². The van der Waals surface area contributed by atoms with E-state index in [1.165, 1.54) is 7.11 Å². The standard InChI is InChI=1S/C22H29N3O4/c1-7-16-10-8-9-11-17(16)24-18(26)12-25(5)15(4)21(27)20-13(2)19(14(3)23-20)22(28)29-6/h8-11,15,23H,7,12H2,1-6H3,(H,24,26)/p+1/t15-/m1/s1. The Labute approximate surface area is 171 Å². The number of aromatic amines is 1. The van der Waals surface area contributed by atoms with Gasteiger partial charge in [-0.3, -0.25) is 9.59 Å². The summed E-state index contributed by atoms with van der Waals surface area (Å²) in [5, 5.41) is 2.93. The number of carbonyl (C=O) groups excluding carboxylic acids is 3. The lowest BCUT2D eigenvalue weighted by atomic mass is 10.0. The van der Waals surface area contributed by atoms with Crippen LogP contribution < -0.4 is 10.2 Å². The quantitative estimate of drug-likeness (QED) is 0.465. The number of anilines is 1. The number of hydrogen-bond acceptors (Lipinski definition) is 4. The van der Waals surface area contributed by atoms with Gasteiger partial charge >= 0.3 is 5.97 Å². The molecule has 7 nitrogen and oxygen atoms in total. The van der Waals surface area contributed by atoms with E-state index in [9.17, 15) is 14.4 Å². The third kappa shape index (κ3) is 4.92. The van der Waals surface area contributed by atoms with E-state index in [0.29, 0.717) is 22.5 Å². The highest BCUT2D eigenvalue weighted by atomic mass is 16.5. The minimum Gasteiger partial charge on any atom is -0.465 e. The summed E-state index contributed by atoms with van der Waals surface area (Å²) in [7, 11) is 3.12. The van der Waals surface area contributed by atoms with Crippen molar-refractivity contribution in [2.75, 3.05) is 26.0 Å². The van der Waals surface area contributed by atoms with E-state index >= 15 is 0 Å². The molecule has 7 heteroatoms.